The van der Waals surface area contributed by atoms with Crippen LogP contribution in [0.25, 0.3) is 0 Å². The van der Waals surface area contributed by atoms with E-state index >= 15 is 0 Å². The van der Waals surface area contributed by atoms with Crippen LogP contribution in [-0.2, 0) is 4.79 Å². The third kappa shape index (κ3) is 3.69. The first-order chi connectivity index (χ1) is 9.11. The molecule has 0 radical (unpaired) electrons. The van der Waals surface area contributed by atoms with Gasteiger partial charge < -0.3 is 10.6 Å². The summed E-state index contributed by atoms with van der Waals surface area (Å²) in [6.07, 6.45) is 2.22. The van der Waals surface area contributed by atoms with Crippen LogP contribution in [0.2, 0.25) is 0 Å². The standard InChI is InChI=1S/C15H29N3O/c1-4-14-13-8-16-7-12(13)9-18(14)10-15(19)17-6-5-11(2)3/h11-14,16H,4-10H2,1-3H3,(H,17,19). The minimum atomic E-state index is 0.201. The van der Waals surface area contributed by atoms with Crippen LogP contribution in [0.4, 0.5) is 0 Å². The fraction of sp³-hybridized carbons (Fsp3) is 0.933. The number of fused-ring (bicyclic) bond motifs is 1. The fourth-order valence-electron chi connectivity index (χ4n) is 3.59. The smallest absolute Gasteiger partial charge is 0.234 e. The van der Waals surface area contributed by atoms with Crippen molar-refractivity contribution in [3.63, 3.8) is 0 Å². The number of carbonyl (C=O) groups excluding carboxylic acids is 1. The van der Waals surface area contributed by atoms with Gasteiger partial charge in [-0.15, -0.1) is 0 Å². The number of hydrogen-bond acceptors (Lipinski definition) is 3. The first-order valence-corrected chi connectivity index (χ1v) is 7.83. The summed E-state index contributed by atoms with van der Waals surface area (Å²) < 4.78 is 0. The van der Waals surface area contributed by atoms with E-state index in [1.165, 1.54) is 0 Å². The van der Waals surface area contributed by atoms with Crippen LogP contribution in [0.3, 0.4) is 0 Å². The molecule has 4 heteroatoms. The maximum absolute atomic E-state index is 12.0. The molecule has 2 heterocycles. The zero-order valence-electron chi connectivity index (χ0n) is 12.6. The summed E-state index contributed by atoms with van der Waals surface area (Å²) in [6.45, 7) is 11.4. The van der Waals surface area contributed by atoms with Gasteiger partial charge in [-0.1, -0.05) is 20.8 Å². The molecule has 3 atom stereocenters. The molecule has 0 saturated carbocycles. The molecule has 2 fully saturated rings. The molecule has 2 saturated heterocycles. The zero-order valence-corrected chi connectivity index (χ0v) is 12.6. The zero-order chi connectivity index (χ0) is 13.8. The van der Waals surface area contributed by atoms with Gasteiger partial charge in [0.05, 0.1) is 6.54 Å². The van der Waals surface area contributed by atoms with E-state index in [1.807, 2.05) is 0 Å². The van der Waals surface area contributed by atoms with Crippen molar-refractivity contribution in [2.45, 2.75) is 39.7 Å². The maximum Gasteiger partial charge on any atom is 0.234 e. The summed E-state index contributed by atoms with van der Waals surface area (Å²) >= 11 is 0. The van der Waals surface area contributed by atoms with Gasteiger partial charge in [0.1, 0.15) is 0 Å². The Hall–Kier alpha value is -0.610. The lowest BCUT2D eigenvalue weighted by Gasteiger charge is -2.26. The van der Waals surface area contributed by atoms with Crippen molar-refractivity contribution in [2.75, 3.05) is 32.7 Å². The third-order valence-electron chi connectivity index (χ3n) is 4.63. The summed E-state index contributed by atoms with van der Waals surface area (Å²) in [5.74, 6) is 2.37. The van der Waals surface area contributed by atoms with Crippen LogP contribution < -0.4 is 10.6 Å². The van der Waals surface area contributed by atoms with Crippen molar-refractivity contribution in [1.82, 2.24) is 15.5 Å². The van der Waals surface area contributed by atoms with Gasteiger partial charge in [0.2, 0.25) is 5.91 Å². The van der Waals surface area contributed by atoms with E-state index in [9.17, 15) is 4.79 Å². The summed E-state index contributed by atoms with van der Waals surface area (Å²) in [6, 6.07) is 0.593. The predicted molar refractivity (Wildman–Crippen MR) is 78.0 cm³/mol. The average molecular weight is 267 g/mol. The number of likely N-dealkylation sites (tertiary alicyclic amines) is 1. The van der Waals surface area contributed by atoms with E-state index in [-0.39, 0.29) is 5.91 Å². The molecule has 3 unspecified atom stereocenters. The molecule has 0 aromatic heterocycles. The van der Waals surface area contributed by atoms with Crippen LogP contribution in [-0.4, -0.2) is 49.6 Å². The van der Waals surface area contributed by atoms with Gasteiger partial charge in [-0.25, -0.2) is 0 Å². The Balaban J connectivity index is 1.77. The Labute approximate surface area is 117 Å². The van der Waals surface area contributed by atoms with E-state index in [0.717, 1.165) is 50.9 Å². The highest BCUT2D eigenvalue weighted by atomic mass is 16.2. The van der Waals surface area contributed by atoms with E-state index in [4.69, 9.17) is 0 Å². The lowest BCUT2D eigenvalue weighted by molar-refractivity contribution is -0.122. The van der Waals surface area contributed by atoms with Crippen molar-refractivity contribution >= 4 is 5.91 Å². The fourth-order valence-corrected chi connectivity index (χ4v) is 3.59. The molecule has 1 amide bonds. The lowest BCUT2D eigenvalue weighted by atomic mass is 9.93. The number of carbonyl (C=O) groups is 1. The van der Waals surface area contributed by atoms with Gasteiger partial charge in [0.15, 0.2) is 0 Å². The first kappa shape index (κ1) is 14.8. The van der Waals surface area contributed by atoms with Gasteiger partial charge in [-0.05, 0) is 43.7 Å². The molecule has 0 aromatic rings. The van der Waals surface area contributed by atoms with Crippen LogP contribution in [0, 0.1) is 17.8 Å². The summed E-state index contributed by atoms with van der Waals surface area (Å²) in [7, 11) is 0. The topological polar surface area (TPSA) is 44.4 Å². The summed E-state index contributed by atoms with van der Waals surface area (Å²) in [4.78, 5) is 14.4. The molecular formula is C15H29N3O. The predicted octanol–water partition coefficient (Wildman–Crippen LogP) is 1.08. The number of amides is 1. The van der Waals surface area contributed by atoms with E-state index in [1.54, 1.807) is 0 Å². The second-order valence-corrected chi connectivity index (χ2v) is 6.52. The Kier molecular flexibility index (Phi) is 5.22. The number of nitrogens with one attached hydrogen (secondary N) is 2. The van der Waals surface area contributed by atoms with Gasteiger partial charge in [-0.3, -0.25) is 9.69 Å². The van der Waals surface area contributed by atoms with Crippen molar-refractivity contribution < 1.29 is 4.79 Å². The van der Waals surface area contributed by atoms with Crippen LogP contribution in [0.5, 0.6) is 0 Å². The second-order valence-electron chi connectivity index (χ2n) is 6.52. The molecule has 19 heavy (non-hydrogen) atoms. The Morgan fingerprint density at radius 2 is 2.21 bits per heavy atom. The van der Waals surface area contributed by atoms with Crippen molar-refractivity contribution in [1.29, 1.82) is 0 Å². The van der Waals surface area contributed by atoms with Gasteiger partial charge in [0.25, 0.3) is 0 Å². The summed E-state index contributed by atoms with van der Waals surface area (Å²) in [5.41, 5.74) is 0. The highest BCUT2D eigenvalue weighted by Gasteiger charge is 2.43. The molecule has 0 aromatic carbocycles. The van der Waals surface area contributed by atoms with Crippen LogP contribution >= 0.6 is 0 Å². The highest BCUT2D eigenvalue weighted by molar-refractivity contribution is 5.78. The molecule has 0 spiro atoms. The minimum absolute atomic E-state index is 0.201. The quantitative estimate of drug-likeness (QED) is 0.757. The monoisotopic (exact) mass is 267 g/mol. The largest absolute Gasteiger partial charge is 0.355 e. The van der Waals surface area contributed by atoms with E-state index < -0.39 is 0 Å². The Morgan fingerprint density at radius 3 is 2.89 bits per heavy atom. The van der Waals surface area contributed by atoms with Gasteiger partial charge in [-0.2, -0.15) is 0 Å². The molecular weight excluding hydrogens is 238 g/mol. The highest BCUT2D eigenvalue weighted by Crippen LogP contribution is 2.33. The first-order valence-electron chi connectivity index (χ1n) is 7.83. The van der Waals surface area contributed by atoms with Crippen molar-refractivity contribution in [3.05, 3.63) is 0 Å². The van der Waals surface area contributed by atoms with Gasteiger partial charge in [0, 0.05) is 19.1 Å². The van der Waals surface area contributed by atoms with E-state index in [2.05, 4.69) is 36.3 Å². The Bertz CT molecular complexity index is 306. The normalized spacial score (nSPS) is 30.8. The molecule has 2 aliphatic rings. The molecule has 2 rings (SSSR count). The van der Waals surface area contributed by atoms with Crippen LogP contribution in [0.1, 0.15) is 33.6 Å². The van der Waals surface area contributed by atoms with Crippen molar-refractivity contribution in [3.8, 4) is 0 Å². The molecule has 2 aliphatic heterocycles. The SMILES string of the molecule is CCC1C2CNCC2CN1CC(=O)NCCC(C)C. The third-order valence-corrected chi connectivity index (χ3v) is 4.63. The molecule has 0 bridgehead atoms. The van der Waals surface area contributed by atoms with Gasteiger partial charge >= 0.3 is 0 Å². The minimum Gasteiger partial charge on any atom is -0.355 e. The van der Waals surface area contributed by atoms with Crippen molar-refractivity contribution in [2.24, 2.45) is 17.8 Å². The summed E-state index contributed by atoms with van der Waals surface area (Å²) in [5, 5.41) is 6.54. The second kappa shape index (κ2) is 6.71. The number of hydrogen-bond donors (Lipinski definition) is 2. The maximum atomic E-state index is 12.0. The number of nitrogens with zero attached hydrogens (tertiary/aromatic N) is 1. The molecule has 4 nitrogen and oxygen atoms in total. The average Bonchev–Trinajstić information content (AvgIpc) is 2.88. The molecule has 110 valence electrons. The Morgan fingerprint density at radius 1 is 1.42 bits per heavy atom. The van der Waals surface area contributed by atoms with E-state index in [0.29, 0.717) is 18.5 Å². The molecule has 0 aliphatic carbocycles. The van der Waals surface area contributed by atoms with Crippen LogP contribution in [0.15, 0.2) is 0 Å². The molecule has 2 N–H and O–H groups in total. The lowest BCUT2D eigenvalue weighted by Crippen LogP contribution is -2.42. The number of rotatable bonds is 6.